The van der Waals surface area contributed by atoms with E-state index in [0.29, 0.717) is 30.2 Å². The maximum Gasteiger partial charge on any atom is 0.315 e. The van der Waals surface area contributed by atoms with Crippen molar-refractivity contribution in [2.45, 2.75) is 59.0 Å². The lowest BCUT2D eigenvalue weighted by atomic mass is 10.0. The van der Waals surface area contributed by atoms with E-state index < -0.39 is 18.0 Å². The van der Waals surface area contributed by atoms with Gasteiger partial charge in [0.2, 0.25) is 12.7 Å². The molecular weight excluding hydrogens is 538 g/mol. The number of carboxylic acids is 1. The highest BCUT2D eigenvalue weighted by atomic mass is 32.2. The van der Waals surface area contributed by atoms with Gasteiger partial charge < -0.3 is 30.1 Å². The summed E-state index contributed by atoms with van der Waals surface area (Å²) in [7, 11) is 0. The van der Waals surface area contributed by atoms with Gasteiger partial charge in [-0.3, -0.25) is 9.59 Å². The average Bonchev–Trinajstić information content (AvgIpc) is 3.62. The predicted molar refractivity (Wildman–Crippen MR) is 156 cm³/mol. The molecule has 1 unspecified atom stereocenters. The third kappa shape index (κ3) is 11.2. The van der Waals surface area contributed by atoms with E-state index in [1.807, 2.05) is 30.7 Å². The molecule has 3 N–H and O–H groups in total. The van der Waals surface area contributed by atoms with E-state index in [2.05, 4.69) is 30.6 Å². The molecule has 39 heavy (non-hydrogen) atoms. The fourth-order valence-corrected chi connectivity index (χ4v) is 4.82. The molecule has 214 valence electrons. The monoisotopic (exact) mass is 577 g/mol. The molecule has 0 saturated carbocycles. The standard InChI is InChI=1S/C24H29N3O6S2.C4H10/c1-3-5-17(34-2)13-27(14-18-6-4-9-35-18)22(28)12-25-24(31)26-19(11-23(29)30)16-7-8-20-21(10-16)33-15-32-20;1-3-4-2/h4-10,19H,3,11-15H2,1-2H3,(H,29,30)(H2,25,26,31);3-4H2,1-2H3/b17-5-;. The molecule has 2 heterocycles. The van der Waals surface area contributed by atoms with E-state index in [0.717, 1.165) is 16.2 Å². The number of amides is 3. The van der Waals surface area contributed by atoms with Gasteiger partial charge in [0.15, 0.2) is 11.5 Å². The number of ether oxygens (including phenoxy) is 2. The van der Waals surface area contributed by atoms with E-state index in [-0.39, 0.29) is 25.7 Å². The molecule has 0 bridgehead atoms. The normalized spacial score (nSPS) is 12.7. The Kier molecular flexibility index (Phi) is 14.3. The zero-order valence-electron chi connectivity index (χ0n) is 23.0. The summed E-state index contributed by atoms with van der Waals surface area (Å²) >= 11 is 3.16. The molecule has 11 heteroatoms. The molecule has 0 fully saturated rings. The SMILES string of the molecule is CC/C=C(/CN(Cc1cccs1)C(=O)CNC(=O)NC(CC(=O)O)c1ccc2c(c1)OCO2)SC.CCCC. The second kappa shape index (κ2) is 17.4. The number of rotatable bonds is 13. The highest BCUT2D eigenvalue weighted by Crippen LogP contribution is 2.34. The lowest BCUT2D eigenvalue weighted by Gasteiger charge is -2.24. The molecule has 9 nitrogen and oxygen atoms in total. The van der Waals surface area contributed by atoms with Gasteiger partial charge in [-0.05, 0) is 46.7 Å². The Balaban J connectivity index is 0.00000124. The minimum Gasteiger partial charge on any atom is -0.481 e. The number of hydrogen-bond donors (Lipinski definition) is 3. The lowest BCUT2D eigenvalue weighted by molar-refractivity contribution is -0.137. The number of urea groups is 1. The third-order valence-electron chi connectivity index (χ3n) is 5.70. The Hall–Kier alpha value is -3.18. The highest BCUT2D eigenvalue weighted by Gasteiger charge is 2.23. The van der Waals surface area contributed by atoms with Crippen molar-refractivity contribution in [3.05, 3.63) is 57.1 Å². The van der Waals surface area contributed by atoms with Gasteiger partial charge in [-0.15, -0.1) is 23.1 Å². The number of thiophene rings is 1. The molecule has 1 aromatic heterocycles. The van der Waals surface area contributed by atoms with Crippen LogP contribution in [0.1, 0.15) is 62.9 Å². The number of hydrogen-bond acceptors (Lipinski definition) is 7. The number of unbranched alkanes of at least 4 members (excludes halogenated alkanes) is 1. The molecule has 0 radical (unpaired) electrons. The fraction of sp³-hybridized carbons (Fsp3) is 0.464. The highest BCUT2D eigenvalue weighted by molar-refractivity contribution is 8.02. The first-order valence-corrected chi connectivity index (χ1v) is 15.1. The minimum atomic E-state index is -1.07. The van der Waals surface area contributed by atoms with Gasteiger partial charge in [0, 0.05) is 4.88 Å². The first kappa shape index (κ1) is 32.0. The molecule has 1 atom stereocenters. The average molecular weight is 578 g/mol. The number of carbonyl (C=O) groups is 3. The van der Waals surface area contributed by atoms with Crippen molar-refractivity contribution in [1.29, 1.82) is 0 Å². The maximum absolute atomic E-state index is 13.0. The van der Waals surface area contributed by atoms with Crippen LogP contribution in [0.5, 0.6) is 11.5 Å². The Morgan fingerprint density at radius 3 is 2.51 bits per heavy atom. The van der Waals surface area contributed by atoms with E-state index in [1.54, 1.807) is 46.2 Å². The summed E-state index contributed by atoms with van der Waals surface area (Å²) in [5, 5.41) is 16.5. The van der Waals surface area contributed by atoms with Gasteiger partial charge in [0.05, 0.1) is 32.1 Å². The van der Waals surface area contributed by atoms with E-state index >= 15 is 0 Å². The molecule has 0 saturated heterocycles. The number of aliphatic carboxylic acids is 1. The van der Waals surface area contributed by atoms with Crippen molar-refractivity contribution in [3.63, 3.8) is 0 Å². The first-order valence-electron chi connectivity index (χ1n) is 13.0. The van der Waals surface area contributed by atoms with E-state index in [9.17, 15) is 19.5 Å². The van der Waals surface area contributed by atoms with Crippen LogP contribution in [0.3, 0.4) is 0 Å². The first-order chi connectivity index (χ1) is 18.8. The summed E-state index contributed by atoms with van der Waals surface area (Å²) in [5.41, 5.74) is 0.562. The van der Waals surface area contributed by atoms with Crippen LogP contribution in [-0.2, 0) is 16.1 Å². The van der Waals surface area contributed by atoms with Gasteiger partial charge in [-0.2, -0.15) is 0 Å². The van der Waals surface area contributed by atoms with E-state index in [1.165, 1.54) is 12.8 Å². The quantitative estimate of drug-likeness (QED) is 0.276. The van der Waals surface area contributed by atoms with Crippen molar-refractivity contribution in [1.82, 2.24) is 15.5 Å². The van der Waals surface area contributed by atoms with Crippen molar-refractivity contribution in [2.24, 2.45) is 0 Å². The van der Waals surface area contributed by atoms with Gasteiger partial charge in [0.1, 0.15) is 0 Å². The molecule has 0 aliphatic carbocycles. The zero-order valence-corrected chi connectivity index (χ0v) is 24.7. The maximum atomic E-state index is 13.0. The minimum absolute atomic E-state index is 0.0894. The van der Waals surface area contributed by atoms with Gasteiger partial charge in [0.25, 0.3) is 0 Å². The number of carbonyl (C=O) groups excluding carboxylic acids is 2. The van der Waals surface area contributed by atoms with Gasteiger partial charge in [-0.25, -0.2) is 4.79 Å². The van der Waals surface area contributed by atoms with Crippen LogP contribution in [0.25, 0.3) is 0 Å². The summed E-state index contributed by atoms with van der Waals surface area (Å²) in [6.07, 6.45) is 7.23. The predicted octanol–water partition coefficient (Wildman–Crippen LogP) is 5.78. The van der Waals surface area contributed by atoms with Gasteiger partial charge in [-0.1, -0.05) is 51.8 Å². The van der Waals surface area contributed by atoms with Crippen LogP contribution in [-0.4, -0.2) is 54.1 Å². The molecule has 0 spiro atoms. The van der Waals surface area contributed by atoms with E-state index in [4.69, 9.17) is 9.47 Å². The smallest absolute Gasteiger partial charge is 0.315 e. The molecule has 1 aliphatic rings. The molecule has 3 amide bonds. The number of carboxylic acid groups (broad SMARTS) is 1. The number of nitrogens with one attached hydrogen (secondary N) is 2. The molecule has 2 aromatic rings. The van der Waals surface area contributed by atoms with Crippen molar-refractivity contribution in [3.8, 4) is 11.5 Å². The summed E-state index contributed by atoms with van der Waals surface area (Å²) in [5.74, 6) is -0.254. The number of benzene rings is 1. The number of thioether (sulfide) groups is 1. The topological polar surface area (TPSA) is 117 Å². The molecular formula is C28H39N3O6S2. The van der Waals surface area contributed by atoms with Crippen LogP contribution in [0.15, 0.2) is 46.7 Å². The van der Waals surface area contributed by atoms with Crippen LogP contribution < -0.4 is 20.1 Å². The molecule has 1 aliphatic heterocycles. The Morgan fingerprint density at radius 2 is 1.90 bits per heavy atom. The molecule has 1 aromatic carbocycles. The van der Waals surface area contributed by atoms with Crippen LogP contribution >= 0.6 is 23.1 Å². The number of nitrogens with zero attached hydrogens (tertiary/aromatic N) is 1. The van der Waals surface area contributed by atoms with Crippen LogP contribution in [0.2, 0.25) is 0 Å². The second-order valence-electron chi connectivity index (χ2n) is 8.70. The Labute approximate surface area is 238 Å². The van der Waals surface area contributed by atoms with Crippen molar-refractivity contribution >= 4 is 41.0 Å². The van der Waals surface area contributed by atoms with Gasteiger partial charge >= 0.3 is 12.0 Å². The van der Waals surface area contributed by atoms with Crippen molar-refractivity contribution in [2.75, 3.05) is 26.1 Å². The largest absolute Gasteiger partial charge is 0.481 e. The molecule has 3 rings (SSSR count). The second-order valence-corrected chi connectivity index (χ2v) is 10.7. The summed E-state index contributed by atoms with van der Waals surface area (Å²) < 4.78 is 10.6. The number of allylic oxidation sites excluding steroid dienone is 1. The van der Waals surface area contributed by atoms with Crippen molar-refractivity contribution < 1.29 is 29.0 Å². The van der Waals surface area contributed by atoms with Crippen LogP contribution in [0.4, 0.5) is 4.79 Å². The fourth-order valence-electron chi connectivity index (χ4n) is 3.48. The summed E-state index contributed by atoms with van der Waals surface area (Å²) in [6.45, 7) is 7.17. The lowest BCUT2D eigenvalue weighted by Crippen LogP contribution is -2.45. The number of fused-ring (bicyclic) bond motifs is 1. The Bertz CT molecular complexity index is 1090. The summed E-state index contributed by atoms with van der Waals surface area (Å²) in [4.78, 5) is 40.9. The third-order valence-corrected chi connectivity index (χ3v) is 7.38. The Morgan fingerprint density at radius 1 is 1.15 bits per heavy atom. The van der Waals surface area contributed by atoms with Crippen LogP contribution in [0, 0.1) is 0 Å². The zero-order chi connectivity index (χ0) is 28.6. The summed E-state index contributed by atoms with van der Waals surface area (Å²) in [6, 6.07) is 7.46.